The minimum atomic E-state index is -4.12. The minimum Gasteiger partial charge on any atom is -0.364 e. The van der Waals surface area contributed by atoms with Crippen molar-refractivity contribution < 1.29 is 13.2 Å². The number of carbonyl (C=O) groups excluding carboxylic acids is 1. The standard InChI is InChI=1S/C15H9Cl3N2O3S/c16-7-1-2-12-11(6-7)14(13(20-12)15(19)21)24(22,23)10-4-8(17)3-9(18)5-10/h1-6,20H,(H2,19,21). The van der Waals surface area contributed by atoms with Crippen molar-refractivity contribution in [3.8, 4) is 0 Å². The second kappa shape index (κ2) is 5.97. The first-order chi connectivity index (χ1) is 11.2. The van der Waals surface area contributed by atoms with E-state index in [0.29, 0.717) is 10.5 Å². The molecule has 3 rings (SSSR count). The zero-order valence-electron chi connectivity index (χ0n) is 11.8. The van der Waals surface area contributed by atoms with Gasteiger partial charge in [-0.1, -0.05) is 34.8 Å². The highest BCUT2D eigenvalue weighted by molar-refractivity contribution is 7.91. The number of fused-ring (bicyclic) bond motifs is 1. The zero-order chi connectivity index (χ0) is 17.6. The van der Waals surface area contributed by atoms with Crippen molar-refractivity contribution in [1.82, 2.24) is 4.98 Å². The molecule has 5 nitrogen and oxygen atoms in total. The van der Waals surface area contributed by atoms with Crippen LogP contribution in [-0.2, 0) is 9.84 Å². The molecule has 0 aliphatic carbocycles. The number of sulfone groups is 1. The van der Waals surface area contributed by atoms with Gasteiger partial charge in [0.25, 0.3) is 5.91 Å². The van der Waals surface area contributed by atoms with Gasteiger partial charge < -0.3 is 10.7 Å². The maximum Gasteiger partial charge on any atom is 0.266 e. The van der Waals surface area contributed by atoms with Gasteiger partial charge in [-0.2, -0.15) is 0 Å². The molecule has 0 fully saturated rings. The highest BCUT2D eigenvalue weighted by Crippen LogP contribution is 2.35. The lowest BCUT2D eigenvalue weighted by Gasteiger charge is -2.07. The Morgan fingerprint density at radius 2 is 1.58 bits per heavy atom. The summed E-state index contributed by atoms with van der Waals surface area (Å²) in [7, 11) is -4.12. The molecule has 0 atom stereocenters. The predicted octanol–water partition coefficient (Wildman–Crippen LogP) is 4.06. The number of aromatic amines is 1. The van der Waals surface area contributed by atoms with E-state index in [1.165, 1.54) is 24.3 Å². The SMILES string of the molecule is NC(=O)c1[nH]c2ccc(Cl)cc2c1S(=O)(=O)c1cc(Cl)cc(Cl)c1. The minimum absolute atomic E-state index is 0.150. The number of benzene rings is 2. The number of amides is 1. The monoisotopic (exact) mass is 402 g/mol. The molecule has 0 saturated heterocycles. The zero-order valence-corrected chi connectivity index (χ0v) is 14.9. The molecule has 3 N–H and O–H groups in total. The summed E-state index contributed by atoms with van der Waals surface area (Å²) in [5.41, 5.74) is 5.51. The summed E-state index contributed by atoms with van der Waals surface area (Å²) in [6.07, 6.45) is 0. The number of hydrogen-bond acceptors (Lipinski definition) is 3. The quantitative estimate of drug-likeness (QED) is 0.690. The van der Waals surface area contributed by atoms with Crippen molar-refractivity contribution >= 4 is 61.5 Å². The summed E-state index contributed by atoms with van der Waals surface area (Å²) in [6, 6.07) is 8.47. The van der Waals surface area contributed by atoms with E-state index in [1.54, 1.807) is 12.1 Å². The molecular weight excluding hydrogens is 395 g/mol. The average Bonchev–Trinajstić information content (AvgIpc) is 2.85. The summed E-state index contributed by atoms with van der Waals surface area (Å²) in [4.78, 5) is 14.0. The molecule has 2 aromatic carbocycles. The largest absolute Gasteiger partial charge is 0.364 e. The highest BCUT2D eigenvalue weighted by atomic mass is 35.5. The van der Waals surface area contributed by atoms with Crippen molar-refractivity contribution in [3.63, 3.8) is 0 Å². The maximum absolute atomic E-state index is 13.1. The van der Waals surface area contributed by atoms with E-state index in [-0.39, 0.29) is 30.9 Å². The molecule has 124 valence electrons. The van der Waals surface area contributed by atoms with Crippen molar-refractivity contribution in [1.29, 1.82) is 0 Å². The second-order valence-electron chi connectivity index (χ2n) is 4.99. The number of nitrogens with two attached hydrogens (primary N) is 1. The topological polar surface area (TPSA) is 93.0 Å². The number of carbonyl (C=O) groups is 1. The smallest absolute Gasteiger partial charge is 0.266 e. The van der Waals surface area contributed by atoms with Crippen LogP contribution in [0.25, 0.3) is 10.9 Å². The van der Waals surface area contributed by atoms with Crippen LogP contribution in [0.5, 0.6) is 0 Å². The number of rotatable bonds is 3. The van der Waals surface area contributed by atoms with Crippen LogP contribution >= 0.6 is 34.8 Å². The second-order valence-corrected chi connectivity index (χ2v) is 8.19. The van der Waals surface area contributed by atoms with Gasteiger partial charge in [0.05, 0.1) is 4.90 Å². The Bertz CT molecular complexity index is 1070. The molecular formula is C15H9Cl3N2O3S. The Kier molecular flexibility index (Phi) is 4.25. The van der Waals surface area contributed by atoms with Gasteiger partial charge in [0, 0.05) is 26.0 Å². The number of nitrogens with one attached hydrogen (secondary N) is 1. The Labute approximate surface area is 152 Å². The number of primary amides is 1. The van der Waals surface area contributed by atoms with E-state index >= 15 is 0 Å². The molecule has 24 heavy (non-hydrogen) atoms. The highest BCUT2D eigenvalue weighted by Gasteiger charge is 2.29. The fraction of sp³-hybridized carbons (Fsp3) is 0. The van der Waals surface area contributed by atoms with Gasteiger partial charge in [0.1, 0.15) is 10.6 Å². The lowest BCUT2D eigenvalue weighted by atomic mass is 10.2. The summed E-state index contributed by atoms with van der Waals surface area (Å²) >= 11 is 17.7. The van der Waals surface area contributed by atoms with E-state index in [9.17, 15) is 13.2 Å². The molecule has 0 aliphatic heterocycles. The maximum atomic E-state index is 13.1. The van der Waals surface area contributed by atoms with Crippen LogP contribution in [0, 0.1) is 0 Å². The molecule has 3 aromatic rings. The van der Waals surface area contributed by atoms with Gasteiger partial charge in [-0.3, -0.25) is 4.79 Å². The Balaban J connectivity index is 2.40. The Morgan fingerprint density at radius 1 is 0.958 bits per heavy atom. The van der Waals surface area contributed by atoms with Gasteiger partial charge in [0.15, 0.2) is 0 Å². The van der Waals surface area contributed by atoms with E-state index in [0.717, 1.165) is 0 Å². The molecule has 0 saturated carbocycles. The van der Waals surface area contributed by atoms with Crippen LogP contribution in [0.4, 0.5) is 0 Å². The lowest BCUT2D eigenvalue weighted by Crippen LogP contribution is -2.16. The van der Waals surface area contributed by atoms with Crippen LogP contribution < -0.4 is 5.73 Å². The Morgan fingerprint density at radius 3 is 2.17 bits per heavy atom. The fourth-order valence-electron chi connectivity index (χ4n) is 2.39. The number of halogens is 3. The van der Waals surface area contributed by atoms with E-state index in [4.69, 9.17) is 40.5 Å². The van der Waals surface area contributed by atoms with Crippen molar-refractivity contribution in [2.24, 2.45) is 5.73 Å². The van der Waals surface area contributed by atoms with Crippen molar-refractivity contribution in [2.75, 3.05) is 0 Å². The number of aromatic nitrogens is 1. The molecule has 1 heterocycles. The van der Waals surface area contributed by atoms with Gasteiger partial charge in [-0.05, 0) is 36.4 Å². The van der Waals surface area contributed by atoms with Crippen LogP contribution in [-0.4, -0.2) is 19.3 Å². The van der Waals surface area contributed by atoms with Gasteiger partial charge in [-0.25, -0.2) is 8.42 Å². The van der Waals surface area contributed by atoms with Crippen molar-refractivity contribution in [3.05, 3.63) is 57.2 Å². The number of H-pyrrole nitrogens is 1. The third-order valence-corrected chi connectivity index (χ3v) is 5.86. The Hall–Kier alpha value is -1.73. The van der Waals surface area contributed by atoms with Crippen LogP contribution in [0.2, 0.25) is 15.1 Å². The normalized spacial score (nSPS) is 11.8. The third kappa shape index (κ3) is 2.86. The molecule has 0 spiro atoms. The van der Waals surface area contributed by atoms with E-state index < -0.39 is 15.7 Å². The summed E-state index contributed by atoms with van der Waals surface area (Å²) in [6.45, 7) is 0. The van der Waals surface area contributed by atoms with Crippen molar-refractivity contribution in [2.45, 2.75) is 9.79 Å². The molecule has 0 unspecified atom stereocenters. The van der Waals surface area contributed by atoms with E-state index in [2.05, 4.69) is 4.98 Å². The molecule has 1 aromatic heterocycles. The lowest BCUT2D eigenvalue weighted by molar-refractivity contribution is 0.0993. The van der Waals surface area contributed by atoms with Gasteiger partial charge >= 0.3 is 0 Å². The molecule has 1 amide bonds. The molecule has 0 radical (unpaired) electrons. The average molecular weight is 404 g/mol. The molecule has 0 aliphatic rings. The summed E-state index contributed by atoms with van der Waals surface area (Å²) in [5.74, 6) is -0.908. The first-order valence-electron chi connectivity index (χ1n) is 6.52. The predicted molar refractivity (Wildman–Crippen MR) is 93.7 cm³/mol. The van der Waals surface area contributed by atoms with Crippen LogP contribution in [0.1, 0.15) is 10.5 Å². The van der Waals surface area contributed by atoms with Crippen LogP contribution in [0.3, 0.4) is 0 Å². The third-order valence-electron chi connectivity index (χ3n) is 3.37. The summed E-state index contributed by atoms with van der Waals surface area (Å²) in [5, 5.41) is 0.879. The first-order valence-corrected chi connectivity index (χ1v) is 9.14. The van der Waals surface area contributed by atoms with E-state index in [1.807, 2.05) is 0 Å². The summed E-state index contributed by atoms with van der Waals surface area (Å²) < 4.78 is 26.1. The molecule has 0 bridgehead atoms. The van der Waals surface area contributed by atoms with Gasteiger partial charge in [0.2, 0.25) is 9.84 Å². The fourth-order valence-corrected chi connectivity index (χ4v) is 4.90. The molecule has 9 heteroatoms. The number of hydrogen-bond donors (Lipinski definition) is 2. The first kappa shape index (κ1) is 17.1. The van der Waals surface area contributed by atoms with Gasteiger partial charge in [-0.15, -0.1) is 0 Å². The van der Waals surface area contributed by atoms with Crippen LogP contribution in [0.15, 0.2) is 46.2 Å².